The van der Waals surface area contributed by atoms with Crippen LogP contribution in [0.2, 0.25) is 0 Å². The second-order valence-corrected chi connectivity index (χ2v) is 11.8. The third-order valence-electron chi connectivity index (χ3n) is 7.35. The molecule has 0 spiro atoms. The van der Waals surface area contributed by atoms with Gasteiger partial charge in [0.25, 0.3) is 0 Å². The smallest absolute Gasteiger partial charge is 0.407 e. The molecule has 42 heavy (non-hydrogen) atoms. The molecule has 7 heteroatoms. The number of ether oxygens (including phenoxy) is 1. The summed E-state index contributed by atoms with van der Waals surface area (Å²) in [5, 5.41) is 25.1. The number of rotatable bonds is 11. The van der Waals surface area contributed by atoms with Crippen LogP contribution in [0.1, 0.15) is 61.9 Å². The number of nitrogens with zero attached hydrogens (tertiary/aromatic N) is 1. The van der Waals surface area contributed by atoms with Gasteiger partial charge in [-0.15, -0.1) is 0 Å². The zero-order valence-electron chi connectivity index (χ0n) is 24.6. The van der Waals surface area contributed by atoms with Crippen LogP contribution < -0.4 is 5.32 Å². The monoisotopic (exact) mass is 570 g/mol. The summed E-state index contributed by atoms with van der Waals surface area (Å²) in [7, 11) is 0. The Morgan fingerprint density at radius 1 is 1.00 bits per heavy atom. The van der Waals surface area contributed by atoms with E-state index in [2.05, 4.69) is 5.32 Å². The average Bonchev–Trinajstić information content (AvgIpc) is 3.29. The molecular weight excluding hydrogens is 528 g/mol. The molecule has 0 aliphatic heterocycles. The third-order valence-corrected chi connectivity index (χ3v) is 7.35. The first-order valence-corrected chi connectivity index (χ1v) is 14.6. The normalized spacial score (nSPS) is 17.8. The highest BCUT2D eigenvalue weighted by Crippen LogP contribution is 2.36. The molecule has 0 unspecified atom stereocenters. The largest absolute Gasteiger partial charge is 0.444 e. The lowest BCUT2D eigenvalue weighted by Gasteiger charge is -2.32. The minimum Gasteiger partial charge on any atom is -0.444 e. The second-order valence-electron chi connectivity index (χ2n) is 11.8. The van der Waals surface area contributed by atoms with E-state index in [4.69, 9.17) is 4.74 Å². The van der Waals surface area contributed by atoms with Crippen LogP contribution in [-0.4, -0.2) is 57.5 Å². The molecule has 7 nitrogen and oxygen atoms in total. The number of carbonyl (C=O) groups excluding carboxylic acids is 2. The highest BCUT2D eigenvalue weighted by atomic mass is 16.6. The molecule has 0 radical (unpaired) electrons. The van der Waals surface area contributed by atoms with Gasteiger partial charge in [-0.1, -0.05) is 97.1 Å². The minimum absolute atomic E-state index is 0.0486. The molecule has 0 saturated heterocycles. The van der Waals surface area contributed by atoms with Crippen molar-refractivity contribution in [3.05, 3.63) is 113 Å². The Bertz CT molecular complexity index is 1340. The second kappa shape index (κ2) is 14.3. The van der Waals surface area contributed by atoms with Gasteiger partial charge in [-0.3, -0.25) is 4.79 Å². The van der Waals surface area contributed by atoms with Gasteiger partial charge in [-0.2, -0.15) is 0 Å². The van der Waals surface area contributed by atoms with Crippen LogP contribution in [0.3, 0.4) is 0 Å². The first-order valence-electron chi connectivity index (χ1n) is 14.6. The van der Waals surface area contributed by atoms with Gasteiger partial charge in [-0.05, 0) is 55.9 Å². The van der Waals surface area contributed by atoms with E-state index in [9.17, 15) is 19.8 Å². The molecule has 4 atom stereocenters. The van der Waals surface area contributed by atoms with Gasteiger partial charge in [0.1, 0.15) is 5.60 Å². The first kappa shape index (κ1) is 31.0. The molecule has 3 aromatic rings. The molecule has 0 aromatic heterocycles. The predicted octanol–water partition coefficient (Wildman–Crippen LogP) is 5.46. The maximum atomic E-state index is 13.8. The Kier molecular flexibility index (Phi) is 10.6. The van der Waals surface area contributed by atoms with E-state index in [1.807, 2.05) is 97.1 Å². The number of aliphatic hydroxyl groups excluding tert-OH is 2. The van der Waals surface area contributed by atoms with E-state index in [0.717, 1.165) is 22.3 Å². The summed E-state index contributed by atoms with van der Waals surface area (Å²) in [6.07, 6.45) is 2.60. The van der Waals surface area contributed by atoms with Crippen molar-refractivity contribution in [1.82, 2.24) is 10.2 Å². The van der Waals surface area contributed by atoms with Crippen LogP contribution >= 0.6 is 0 Å². The number of benzene rings is 3. The predicted molar refractivity (Wildman–Crippen MR) is 165 cm³/mol. The van der Waals surface area contributed by atoms with Crippen molar-refractivity contribution in [1.29, 1.82) is 0 Å². The molecule has 222 valence electrons. The Morgan fingerprint density at radius 3 is 2.33 bits per heavy atom. The lowest BCUT2D eigenvalue weighted by Crippen LogP contribution is -2.47. The van der Waals surface area contributed by atoms with E-state index in [1.165, 1.54) is 0 Å². The summed E-state index contributed by atoms with van der Waals surface area (Å²) in [4.78, 5) is 28.1. The summed E-state index contributed by atoms with van der Waals surface area (Å²) in [5.74, 6) is -0.178. The minimum atomic E-state index is -0.996. The van der Waals surface area contributed by atoms with Crippen LogP contribution in [0.5, 0.6) is 0 Å². The van der Waals surface area contributed by atoms with Crippen molar-refractivity contribution in [3.63, 3.8) is 0 Å². The zero-order valence-corrected chi connectivity index (χ0v) is 24.6. The van der Waals surface area contributed by atoms with Crippen molar-refractivity contribution >= 4 is 18.1 Å². The quantitative estimate of drug-likeness (QED) is 0.284. The highest BCUT2D eigenvalue weighted by molar-refractivity contribution is 5.77. The van der Waals surface area contributed by atoms with E-state index >= 15 is 0 Å². The lowest BCUT2D eigenvalue weighted by molar-refractivity contribution is -0.136. The van der Waals surface area contributed by atoms with Crippen molar-refractivity contribution in [2.75, 3.05) is 6.54 Å². The number of hydrogen-bond acceptors (Lipinski definition) is 5. The molecule has 1 aliphatic rings. The molecule has 0 bridgehead atoms. The number of nitrogens with one attached hydrogen (secondary N) is 1. The number of hydrogen-bond donors (Lipinski definition) is 3. The summed E-state index contributed by atoms with van der Waals surface area (Å²) in [5.41, 5.74) is 3.26. The fraction of sp³-hybridized carbons (Fsp3) is 0.371. The van der Waals surface area contributed by atoms with E-state index in [0.29, 0.717) is 19.4 Å². The summed E-state index contributed by atoms with van der Waals surface area (Å²) < 4.78 is 5.44. The molecule has 1 aliphatic carbocycles. The number of carbonyl (C=O) groups is 2. The molecule has 3 aromatic carbocycles. The Hall–Kier alpha value is -3.94. The average molecular weight is 571 g/mol. The summed E-state index contributed by atoms with van der Waals surface area (Å²) >= 11 is 0. The van der Waals surface area contributed by atoms with Crippen molar-refractivity contribution in [3.8, 4) is 0 Å². The van der Waals surface area contributed by atoms with Crippen molar-refractivity contribution in [2.24, 2.45) is 0 Å². The molecule has 0 heterocycles. The molecule has 3 N–H and O–H groups in total. The molecular formula is C35H42N2O5. The fourth-order valence-electron chi connectivity index (χ4n) is 5.39. The van der Waals surface area contributed by atoms with Gasteiger partial charge < -0.3 is 25.2 Å². The van der Waals surface area contributed by atoms with Gasteiger partial charge in [0.05, 0.1) is 24.3 Å². The summed E-state index contributed by atoms with van der Waals surface area (Å²) in [6, 6.07) is 26.1. The van der Waals surface area contributed by atoms with E-state index in [-0.39, 0.29) is 18.7 Å². The molecule has 4 rings (SSSR count). The van der Waals surface area contributed by atoms with E-state index in [1.54, 1.807) is 25.7 Å². The van der Waals surface area contributed by atoms with Gasteiger partial charge in [-0.25, -0.2) is 4.79 Å². The highest BCUT2D eigenvalue weighted by Gasteiger charge is 2.37. The lowest BCUT2D eigenvalue weighted by atomic mass is 9.97. The van der Waals surface area contributed by atoms with Crippen LogP contribution in [0.15, 0.2) is 91.0 Å². The van der Waals surface area contributed by atoms with Gasteiger partial charge in [0.2, 0.25) is 5.91 Å². The van der Waals surface area contributed by atoms with Crippen LogP contribution in [0.25, 0.3) is 6.08 Å². The first-order chi connectivity index (χ1) is 20.1. The zero-order chi connectivity index (χ0) is 30.1. The molecule has 2 amide bonds. The van der Waals surface area contributed by atoms with Crippen molar-refractivity contribution in [2.45, 2.75) is 76.3 Å². The van der Waals surface area contributed by atoms with Gasteiger partial charge >= 0.3 is 6.09 Å². The van der Waals surface area contributed by atoms with Gasteiger partial charge in [0.15, 0.2) is 0 Å². The Morgan fingerprint density at radius 2 is 1.64 bits per heavy atom. The van der Waals surface area contributed by atoms with Crippen LogP contribution in [0, 0.1) is 0 Å². The SMILES string of the molecule is CC(C)(C)OC(=O)N[C@@H](Cc1ccccc1)[C@@H](O)CCC(=O)N(CC=Cc1ccccc1)[C@H]1c2ccccc2C[C@H]1O. The van der Waals surface area contributed by atoms with E-state index < -0.39 is 36.0 Å². The fourth-order valence-corrected chi connectivity index (χ4v) is 5.39. The molecule has 0 saturated carbocycles. The number of alkyl carbamates (subject to hydrolysis) is 1. The maximum absolute atomic E-state index is 13.8. The van der Waals surface area contributed by atoms with Crippen LogP contribution in [0.4, 0.5) is 4.79 Å². The number of amides is 2. The van der Waals surface area contributed by atoms with Gasteiger partial charge in [0, 0.05) is 19.4 Å². The Balaban J connectivity index is 1.49. The van der Waals surface area contributed by atoms with Crippen molar-refractivity contribution < 1.29 is 24.5 Å². The number of fused-ring (bicyclic) bond motifs is 1. The topological polar surface area (TPSA) is 99.1 Å². The third kappa shape index (κ3) is 8.78. The summed E-state index contributed by atoms with van der Waals surface area (Å²) in [6.45, 7) is 5.66. The van der Waals surface area contributed by atoms with Crippen LogP contribution in [-0.2, 0) is 22.4 Å². The molecule has 0 fully saturated rings. The maximum Gasteiger partial charge on any atom is 0.407 e. The Labute approximate surface area is 248 Å². The number of aliphatic hydroxyl groups is 2. The standard InChI is InChI=1S/C35H42N2O5/c1-35(2,3)42-34(41)36-29(23-26-15-8-5-9-16-26)30(38)20-21-32(40)37(22-12-17-25-13-6-4-7-14-25)33-28-19-11-10-18-27(28)24-31(33)39/h4-19,29-31,33,38-39H,20-24H2,1-3H3,(H,36,41)/t29-,30-,31+,33-/m0/s1.